The second kappa shape index (κ2) is 6.21. The molecule has 0 spiro atoms. The molecule has 2 rings (SSSR count). The van der Waals surface area contributed by atoms with E-state index in [9.17, 15) is 14.5 Å². The number of nitrogens with one attached hydrogen (secondary N) is 1. The molecule has 2 aromatic carbocycles. The zero-order valence-corrected chi connectivity index (χ0v) is 11.7. The smallest absolute Gasteiger partial charge is 0.334 e. The molecule has 0 heterocycles. The first-order valence-corrected chi connectivity index (χ1v) is 6.48. The van der Waals surface area contributed by atoms with Gasteiger partial charge >= 0.3 is 5.69 Å². The molecular formula is C15H15FN2O3. The lowest BCUT2D eigenvalue weighted by atomic mass is 10.2. The Balaban J connectivity index is 2.43. The van der Waals surface area contributed by atoms with Gasteiger partial charge in [-0.15, -0.1) is 0 Å². The van der Waals surface area contributed by atoms with Crippen LogP contribution in [0.3, 0.4) is 0 Å². The summed E-state index contributed by atoms with van der Waals surface area (Å²) in [6.45, 7) is 4.08. The van der Waals surface area contributed by atoms with Gasteiger partial charge in [0, 0.05) is 6.54 Å². The second-order valence-electron chi connectivity index (χ2n) is 4.45. The van der Waals surface area contributed by atoms with Crippen LogP contribution >= 0.6 is 0 Å². The topological polar surface area (TPSA) is 64.4 Å². The Morgan fingerprint density at radius 2 is 2.05 bits per heavy atom. The average Bonchev–Trinajstić information content (AvgIpc) is 2.42. The number of nitro benzene ring substituents is 1. The number of hydrogen-bond acceptors (Lipinski definition) is 4. The van der Waals surface area contributed by atoms with E-state index in [4.69, 9.17) is 4.74 Å². The van der Waals surface area contributed by atoms with Crippen LogP contribution < -0.4 is 10.1 Å². The second-order valence-corrected chi connectivity index (χ2v) is 4.45. The monoisotopic (exact) mass is 290 g/mol. The molecule has 0 saturated heterocycles. The van der Waals surface area contributed by atoms with Crippen molar-refractivity contribution < 1.29 is 14.1 Å². The predicted molar refractivity (Wildman–Crippen MR) is 78.5 cm³/mol. The lowest BCUT2D eigenvalue weighted by molar-refractivity contribution is -0.384. The highest BCUT2D eigenvalue weighted by atomic mass is 19.1. The number of para-hydroxylation sites is 1. The summed E-state index contributed by atoms with van der Waals surface area (Å²) in [5, 5.41) is 14.2. The molecule has 2 aromatic rings. The van der Waals surface area contributed by atoms with Crippen molar-refractivity contribution in [1.29, 1.82) is 0 Å². The molecule has 0 aromatic heterocycles. The Hall–Kier alpha value is -2.63. The molecule has 0 aliphatic heterocycles. The molecule has 0 unspecified atom stereocenters. The molecule has 1 N–H and O–H groups in total. The molecule has 21 heavy (non-hydrogen) atoms. The molecule has 0 aliphatic carbocycles. The number of anilines is 1. The molecular weight excluding hydrogens is 275 g/mol. The largest absolute Gasteiger partial charge is 0.450 e. The quantitative estimate of drug-likeness (QED) is 0.660. The van der Waals surface area contributed by atoms with Crippen LogP contribution in [0.25, 0.3) is 0 Å². The molecule has 0 atom stereocenters. The van der Waals surface area contributed by atoms with E-state index in [1.165, 1.54) is 24.3 Å². The number of benzene rings is 2. The summed E-state index contributed by atoms with van der Waals surface area (Å²) in [7, 11) is 0. The number of nitrogens with zero attached hydrogens (tertiary/aromatic N) is 1. The van der Waals surface area contributed by atoms with E-state index in [2.05, 4.69) is 5.32 Å². The lowest BCUT2D eigenvalue weighted by Crippen LogP contribution is -2.02. The predicted octanol–water partition coefficient (Wildman–Crippen LogP) is 4.27. The first-order chi connectivity index (χ1) is 10.0. The van der Waals surface area contributed by atoms with Gasteiger partial charge < -0.3 is 10.1 Å². The number of ether oxygens (including phenoxy) is 1. The summed E-state index contributed by atoms with van der Waals surface area (Å²) in [5.41, 5.74) is 0.820. The Morgan fingerprint density at radius 3 is 2.67 bits per heavy atom. The fourth-order valence-electron chi connectivity index (χ4n) is 1.97. The van der Waals surface area contributed by atoms with E-state index < -0.39 is 4.92 Å². The molecule has 0 bridgehead atoms. The van der Waals surface area contributed by atoms with Crippen LogP contribution in [0.5, 0.6) is 11.5 Å². The maximum atomic E-state index is 13.1. The molecule has 0 aliphatic rings. The Labute approximate surface area is 121 Å². The molecule has 0 fully saturated rings. The fourth-order valence-corrected chi connectivity index (χ4v) is 1.97. The summed E-state index contributed by atoms with van der Waals surface area (Å²) >= 11 is 0. The Kier molecular flexibility index (Phi) is 4.37. The highest BCUT2D eigenvalue weighted by Gasteiger charge is 2.21. The van der Waals surface area contributed by atoms with Crippen molar-refractivity contribution in [2.24, 2.45) is 0 Å². The van der Waals surface area contributed by atoms with Crippen LogP contribution in [-0.4, -0.2) is 11.5 Å². The van der Waals surface area contributed by atoms with Gasteiger partial charge in [0.05, 0.1) is 4.92 Å². The Bertz CT molecular complexity index is 674. The van der Waals surface area contributed by atoms with Crippen LogP contribution in [0.15, 0.2) is 36.4 Å². The van der Waals surface area contributed by atoms with E-state index in [1.54, 1.807) is 19.1 Å². The third-order valence-corrected chi connectivity index (χ3v) is 2.91. The fraction of sp³-hybridized carbons (Fsp3) is 0.200. The van der Waals surface area contributed by atoms with Gasteiger partial charge in [0.15, 0.2) is 0 Å². The SMILES string of the molecule is CCNc1cccc(Oc2ccc(F)cc2C)c1[N+](=O)[O-]. The van der Waals surface area contributed by atoms with Gasteiger partial charge in [0.1, 0.15) is 17.3 Å². The van der Waals surface area contributed by atoms with Crippen molar-refractivity contribution >= 4 is 11.4 Å². The number of rotatable bonds is 5. The van der Waals surface area contributed by atoms with E-state index in [1.807, 2.05) is 6.92 Å². The summed E-state index contributed by atoms with van der Waals surface area (Å²) in [6.07, 6.45) is 0. The van der Waals surface area contributed by atoms with Gasteiger partial charge in [-0.2, -0.15) is 0 Å². The highest BCUT2D eigenvalue weighted by molar-refractivity contribution is 5.69. The zero-order valence-electron chi connectivity index (χ0n) is 11.7. The van der Waals surface area contributed by atoms with Crippen LogP contribution in [0.2, 0.25) is 0 Å². The molecule has 110 valence electrons. The molecule has 6 heteroatoms. The van der Waals surface area contributed by atoms with Crippen LogP contribution in [0.1, 0.15) is 12.5 Å². The minimum absolute atomic E-state index is 0.119. The minimum atomic E-state index is -0.494. The van der Waals surface area contributed by atoms with Crippen molar-refractivity contribution in [3.63, 3.8) is 0 Å². The summed E-state index contributed by atoms with van der Waals surface area (Å²) in [6, 6.07) is 8.82. The van der Waals surface area contributed by atoms with Crippen LogP contribution in [0.4, 0.5) is 15.8 Å². The third-order valence-electron chi connectivity index (χ3n) is 2.91. The number of aryl methyl sites for hydroxylation is 1. The van der Waals surface area contributed by atoms with E-state index in [0.717, 1.165) is 0 Å². The van der Waals surface area contributed by atoms with Gasteiger partial charge in [-0.05, 0) is 49.7 Å². The Morgan fingerprint density at radius 1 is 1.29 bits per heavy atom. The van der Waals surface area contributed by atoms with Crippen molar-refractivity contribution in [3.05, 3.63) is 57.9 Å². The number of halogens is 1. The van der Waals surface area contributed by atoms with Gasteiger partial charge in [0.2, 0.25) is 5.75 Å². The van der Waals surface area contributed by atoms with Gasteiger partial charge in [-0.25, -0.2) is 4.39 Å². The van der Waals surface area contributed by atoms with E-state index in [-0.39, 0.29) is 17.3 Å². The number of hydrogen-bond donors (Lipinski definition) is 1. The van der Waals surface area contributed by atoms with Crippen molar-refractivity contribution in [2.45, 2.75) is 13.8 Å². The molecule has 0 saturated carbocycles. The molecule has 5 nitrogen and oxygen atoms in total. The standard InChI is InChI=1S/C15H15FN2O3/c1-3-17-12-5-4-6-14(15(12)18(19)20)21-13-8-7-11(16)9-10(13)2/h4-9,17H,3H2,1-2H3. The van der Waals surface area contributed by atoms with Gasteiger partial charge in [-0.3, -0.25) is 10.1 Å². The molecule has 0 amide bonds. The lowest BCUT2D eigenvalue weighted by Gasteiger charge is -2.11. The van der Waals surface area contributed by atoms with Crippen LogP contribution in [-0.2, 0) is 0 Å². The van der Waals surface area contributed by atoms with Crippen molar-refractivity contribution in [1.82, 2.24) is 0 Å². The maximum absolute atomic E-state index is 13.1. The van der Waals surface area contributed by atoms with E-state index >= 15 is 0 Å². The van der Waals surface area contributed by atoms with Crippen LogP contribution in [0, 0.1) is 22.9 Å². The summed E-state index contributed by atoms with van der Waals surface area (Å²) in [4.78, 5) is 10.8. The van der Waals surface area contributed by atoms with E-state index in [0.29, 0.717) is 23.5 Å². The minimum Gasteiger partial charge on any atom is -0.450 e. The summed E-state index contributed by atoms with van der Waals surface area (Å²) in [5.74, 6) is 0.122. The average molecular weight is 290 g/mol. The summed E-state index contributed by atoms with van der Waals surface area (Å²) < 4.78 is 18.7. The number of nitro groups is 1. The normalized spacial score (nSPS) is 10.2. The highest BCUT2D eigenvalue weighted by Crippen LogP contribution is 2.38. The zero-order chi connectivity index (χ0) is 15.4. The molecule has 0 radical (unpaired) electrons. The first-order valence-electron chi connectivity index (χ1n) is 6.48. The van der Waals surface area contributed by atoms with Gasteiger partial charge in [-0.1, -0.05) is 6.07 Å². The van der Waals surface area contributed by atoms with Crippen molar-refractivity contribution in [2.75, 3.05) is 11.9 Å². The third kappa shape index (κ3) is 3.28. The van der Waals surface area contributed by atoms with Crippen molar-refractivity contribution in [3.8, 4) is 11.5 Å². The van der Waals surface area contributed by atoms with Gasteiger partial charge in [0.25, 0.3) is 0 Å². The maximum Gasteiger partial charge on any atom is 0.334 e. The first kappa shape index (κ1) is 14.8.